The van der Waals surface area contributed by atoms with Gasteiger partial charge in [0, 0.05) is 16.9 Å². The Morgan fingerprint density at radius 1 is 0.960 bits per heavy atom. The molecule has 1 heterocycles. The highest BCUT2D eigenvalue weighted by Crippen LogP contribution is 2.15. The van der Waals surface area contributed by atoms with Crippen LogP contribution in [0, 0.1) is 6.92 Å². The van der Waals surface area contributed by atoms with Crippen LogP contribution in [0.2, 0.25) is 0 Å². The van der Waals surface area contributed by atoms with Crippen molar-refractivity contribution in [3.05, 3.63) is 59.7 Å². The largest absolute Gasteiger partial charge is 0.325 e. The van der Waals surface area contributed by atoms with Gasteiger partial charge in [-0.3, -0.25) is 14.5 Å². The Morgan fingerprint density at radius 3 is 2.24 bits per heavy atom. The van der Waals surface area contributed by atoms with Gasteiger partial charge in [-0.25, -0.2) is 0 Å². The van der Waals surface area contributed by atoms with Gasteiger partial charge < -0.3 is 10.6 Å². The van der Waals surface area contributed by atoms with E-state index in [0.717, 1.165) is 24.3 Å². The van der Waals surface area contributed by atoms with Crippen molar-refractivity contribution in [1.82, 2.24) is 4.90 Å². The Hall–Kier alpha value is -2.66. The van der Waals surface area contributed by atoms with Crippen molar-refractivity contribution >= 4 is 23.2 Å². The number of likely N-dealkylation sites (tertiary alicyclic amines) is 1. The maximum absolute atomic E-state index is 12.2. The number of anilines is 2. The van der Waals surface area contributed by atoms with Gasteiger partial charge in [-0.15, -0.1) is 0 Å². The monoisotopic (exact) mass is 337 g/mol. The molecule has 1 saturated heterocycles. The first-order chi connectivity index (χ1) is 12.1. The molecule has 0 saturated carbocycles. The van der Waals surface area contributed by atoms with Crippen molar-refractivity contribution in [3.8, 4) is 0 Å². The Balaban J connectivity index is 1.54. The molecular weight excluding hydrogens is 314 g/mol. The molecule has 5 heteroatoms. The summed E-state index contributed by atoms with van der Waals surface area (Å²) < 4.78 is 0. The van der Waals surface area contributed by atoms with E-state index in [1.54, 1.807) is 30.3 Å². The number of amides is 2. The number of carbonyl (C=O) groups excluding carboxylic acids is 2. The summed E-state index contributed by atoms with van der Waals surface area (Å²) in [6.07, 6.45) is 2.34. The molecule has 0 unspecified atom stereocenters. The third-order valence-corrected chi connectivity index (χ3v) is 4.27. The van der Waals surface area contributed by atoms with E-state index < -0.39 is 0 Å². The molecule has 0 spiro atoms. The third-order valence-electron chi connectivity index (χ3n) is 4.27. The lowest BCUT2D eigenvalue weighted by Gasteiger charge is -2.14. The fraction of sp³-hybridized carbons (Fsp3) is 0.300. The van der Waals surface area contributed by atoms with Crippen molar-refractivity contribution in [2.45, 2.75) is 19.8 Å². The van der Waals surface area contributed by atoms with Crippen LogP contribution < -0.4 is 10.6 Å². The minimum Gasteiger partial charge on any atom is -0.325 e. The molecule has 2 aromatic carbocycles. The Kier molecular flexibility index (Phi) is 5.46. The van der Waals surface area contributed by atoms with Crippen molar-refractivity contribution < 1.29 is 9.59 Å². The van der Waals surface area contributed by atoms with Gasteiger partial charge in [0.2, 0.25) is 5.91 Å². The number of hydrogen-bond acceptors (Lipinski definition) is 3. The third kappa shape index (κ3) is 4.90. The Bertz CT molecular complexity index is 750. The van der Waals surface area contributed by atoms with Crippen LogP contribution in [0.15, 0.2) is 48.5 Å². The van der Waals surface area contributed by atoms with Gasteiger partial charge in [-0.2, -0.15) is 0 Å². The SMILES string of the molecule is Cc1cccc(C(=O)Nc2ccc(NC(=O)CN3CCCC3)cc2)c1. The van der Waals surface area contributed by atoms with E-state index in [9.17, 15) is 9.59 Å². The van der Waals surface area contributed by atoms with Gasteiger partial charge >= 0.3 is 0 Å². The molecular formula is C20H23N3O2. The maximum Gasteiger partial charge on any atom is 0.255 e. The summed E-state index contributed by atoms with van der Waals surface area (Å²) in [7, 11) is 0. The summed E-state index contributed by atoms with van der Waals surface area (Å²) in [5.41, 5.74) is 3.11. The van der Waals surface area contributed by atoms with Gasteiger partial charge in [0.15, 0.2) is 0 Å². The smallest absolute Gasteiger partial charge is 0.255 e. The number of nitrogens with zero attached hydrogens (tertiary/aromatic N) is 1. The summed E-state index contributed by atoms with van der Waals surface area (Å²) in [5.74, 6) is -0.145. The number of rotatable bonds is 5. The van der Waals surface area contributed by atoms with Crippen LogP contribution in [-0.2, 0) is 4.79 Å². The summed E-state index contributed by atoms with van der Waals surface area (Å²) in [6.45, 7) is 4.39. The van der Waals surface area contributed by atoms with E-state index in [1.807, 2.05) is 25.1 Å². The van der Waals surface area contributed by atoms with Gasteiger partial charge in [0.25, 0.3) is 5.91 Å². The van der Waals surface area contributed by atoms with Crippen LogP contribution >= 0.6 is 0 Å². The molecule has 3 rings (SSSR count). The molecule has 0 bridgehead atoms. The lowest BCUT2D eigenvalue weighted by atomic mass is 10.1. The fourth-order valence-corrected chi connectivity index (χ4v) is 2.97. The van der Waals surface area contributed by atoms with Crippen LogP contribution in [-0.4, -0.2) is 36.3 Å². The number of hydrogen-bond donors (Lipinski definition) is 2. The molecule has 0 aromatic heterocycles. The molecule has 5 nitrogen and oxygen atoms in total. The quantitative estimate of drug-likeness (QED) is 0.880. The van der Waals surface area contributed by atoms with Gasteiger partial charge in [-0.05, 0) is 69.3 Å². The predicted molar refractivity (Wildman–Crippen MR) is 99.9 cm³/mol. The topological polar surface area (TPSA) is 61.4 Å². The molecule has 2 amide bonds. The molecule has 130 valence electrons. The highest BCUT2D eigenvalue weighted by molar-refractivity contribution is 6.04. The molecule has 25 heavy (non-hydrogen) atoms. The van der Waals surface area contributed by atoms with Crippen LogP contribution in [0.3, 0.4) is 0 Å². The number of benzene rings is 2. The van der Waals surface area contributed by atoms with E-state index in [-0.39, 0.29) is 11.8 Å². The first kappa shape index (κ1) is 17.2. The van der Waals surface area contributed by atoms with E-state index >= 15 is 0 Å². The van der Waals surface area contributed by atoms with Gasteiger partial charge in [-0.1, -0.05) is 17.7 Å². The second kappa shape index (κ2) is 7.94. The lowest BCUT2D eigenvalue weighted by molar-refractivity contribution is -0.117. The van der Waals surface area contributed by atoms with E-state index in [4.69, 9.17) is 0 Å². The minimum atomic E-state index is -0.144. The molecule has 1 aliphatic rings. The summed E-state index contributed by atoms with van der Waals surface area (Å²) in [6, 6.07) is 14.6. The van der Waals surface area contributed by atoms with Crippen molar-refractivity contribution in [1.29, 1.82) is 0 Å². The average Bonchev–Trinajstić information content (AvgIpc) is 3.09. The zero-order valence-electron chi connectivity index (χ0n) is 14.4. The van der Waals surface area contributed by atoms with Crippen LogP contribution in [0.1, 0.15) is 28.8 Å². The maximum atomic E-state index is 12.2. The van der Waals surface area contributed by atoms with Gasteiger partial charge in [0.05, 0.1) is 6.54 Å². The van der Waals surface area contributed by atoms with Crippen molar-refractivity contribution in [2.24, 2.45) is 0 Å². The van der Waals surface area contributed by atoms with E-state index in [1.165, 1.54) is 12.8 Å². The molecule has 2 aromatic rings. The highest BCUT2D eigenvalue weighted by atomic mass is 16.2. The average molecular weight is 337 g/mol. The number of carbonyl (C=O) groups is 2. The Morgan fingerprint density at radius 2 is 1.60 bits per heavy atom. The number of nitrogens with one attached hydrogen (secondary N) is 2. The molecule has 0 atom stereocenters. The standard InChI is InChI=1S/C20H23N3O2/c1-15-5-4-6-16(13-15)20(25)22-18-9-7-17(8-10-18)21-19(24)14-23-11-2-3-12-23/h4-10,13H,2-3,11-12,14H2,1H3,(H,21,24)(H,22,25). The second-order valence-electron chi connectivity index (χ2n) is 6.43. The van der Waals surface area contributed by atoms with Gasteiger partial charge in [0.1, 0.15) is 0 Å². The van der Waals surface area contributed by atoms with Crippen molar-refractivity contribution in [3.63, 3.8) is 0 Å². The van der Waals surface area contributed by atoms with Crippen LogP contribution in [0.25, 0.3) is 0 Å². The molecule has 2 N–H and O–H groups in total. The fourth-order valence-electron chi connectivity index (χ4n) is 2.97. The molecule has 1 aliphatic heterocycles. The second-order valence-corrected chi connectivity index (χ2v) is 6.43. The lowest BCUT2D eigenvalue weighted by Crippen LogP contribution is -2.30. The van der Waals surface area contributed by atoms with Crippen molar-refractivity contribution in [2.75, 3.05) is 30.3 Å². The summed E-state index contributed by atoms with van der Waals surface area (Å²) >= 11 is 0. The van der Waals surface area contributed by atoms with E-state index in [2.05, 4.69) is 15.5 Å². The normalized spacial score (nSPS) is 14.3. The Labute approximate surface area is 148 Å². The van der Waals surface area contributed by atoms with Crippen LogP contribution in [0.5, 0.6) is 0 Å². The number of aryl methyl sites for hydroxylation is 1. The molecule has 0 aliphatic carbocycles. The first-order valence-electron chi connectivity index (χ1n) is 8.60. The van der Waals surface area contributed by atoms with E-state index in [0.29, 0.717) is 17.8 Å². The summed E-state index contributed by atoms with van der Waals surface area (Å²) in [4.78, 5) is 26.4. The zero-order valence-corrected chi connectivity index (χ0v) is 14.4. The minimum absolute atomic E-state index is 0.00144. The predicted octanol–water partition coefficient (Wildman–Crippen LogP) is 3.28. The molecule has 0 radical (unpaired) electrons. The zero-order chi connectivity index (χ0) is 17.6. The first-order valence-corrected chi connectivity index (χ1v) is 8.60. The highest BCUT2D eigenvalue weighted by Gasteiger charge is 2.15. The molecule has 1 fully saturated rings. The summed E-state index contributed by atoms with van der Waals surface area (Å²) in [5, 5.41) is 5.76. The van der Waals surface area contributed by atoms with Crippen LogP contribution in [0.4, 0.5) is 11.4 Å².